The summed E-state index contributed by atoms with van der Waals surface area (Å²) in [4.78, 5) is 0. The van der Waals surface area contributed by atoms with E-state index in [4.69, 9.17) is 0 Å². The Morgan fingerprint density at radius 1 is 1.18 bits per heavy atom. The average molecular weight is 237 g/mol. The fraction of sp³-hybridized carbons (Fsp3) is 0.538. The van der Waals surface area contributed by atoms with E-state index in [0.29, 0.717) is 17.5 Å². The highest BCUT2D eigenvalue weighted by Crippen LogP contribution is 2.40. The molecule has 0 aliphatic heterocycles. The minimum Gasteiger partial charge on any atom is -0.504 e. The smallest absolute Gasteiger partial charge is 0.200 e. The van der Waals surface area contributed by atoms with Crippen molar-refractivity contribution in [2.45, 2.75) is 32.7 Å². The highest BCUT2D eigenvalue weighted by molar-refractivity contribution is 5.52. The molecule has 2 rings (SSSR count). The molecule has 0 heterocycles. The largest absolute Gasteiger partial charge is 0.504 e. The number of nitrogens with one attached hydrogen (secondary N) is 1. The van der Waals surface area contributed by atoms with Crippen LogP contribution in [0.15, 0.2) is 12.1 Å². The van der Waals surface area contributed by atoms with Crippen LogP contribution in [0.25, 0.3) is 0 Å². The first-order valence-electron chi connectivity index (χ1n) is 5.95. The van der Waals surface area contributed by atoms with Crippen molar-refractivity contribution in [3.63, 3.8) is 0 Å². The van der Waals surface area contributed by atoms with Gasteiger partial charge in [-0.05, 0) is 24.3 Å². The van der Waals surface area contributed by atoms with Crippen LogP contribution in [0.3, 0.4) is 0 Å². The second kappa shape index (κ2) is 4.45. The van der Waals surface area contributed by atoms with E-state index in [1.165, 1.54) is 25.3 Å². The molecular formula is C13H19NO3. The van der Waals surface area contributed by atoms with Crippen molar-refractivity contribution in [1.29, 1.82) is 0 Å². The summed E-state index contributed by atoms with van der Waals surface area (Å²) in [6, 6.07) is 3.00. The van der Waals surface area contributed by atoms with Gasteiger partial charge < -0.3 is 20.6 Å². The first-order valence-corrected chi connectivity index (χ1v) is 5.95. The zero-order chi connectivity index (χ0) is 12.5. The normalized spacial score (nSPS) is 17.7. The number of benzene rings is 1. The number of hydrogen-bond acceptors (Lipinski definition) is 4. The van der Waals surface area contributed by atoms with Crippen molar-refractivity contribution >= 4 is 0 Å². The number of rotatable bonds is 4. The first-order chi connectivity index (χ1) is 8.02. The van der Waals surface area contributed by atoms with E-state index in [2.05, 4.69) is 12.2 Å². The Morgan fingerprint density at radius 2 is 1.88 bits per heavy atom. The van der Waals surface area contributed by atoms with Crippen molar-refractivity contribution < 1.29 is 15.3 Å². The molecule has 1 aromatic carbocycles. The van der Waals surface area contributed by atoms with E-state index in [1.54, 1.807) is 6.07 Å². The maximum absolute atomic E-state index is 9.63. The topological polar surface area (TPSA) is 72.7 Å². The van der Waals surface area contributed by atoms with Crippen LogP contribution in [-0.2, 0) is 6.54 Å². The van der Waals surface area contributed by atoms with Crippen molar-refractivity contribution in [1.82, 2.24) is 5.32 Å². The minimum atomic E-state index is -0.445. The lowest BCUT2D eigenvalue weighted by Gasteiger charge is -2.38. The molecule has 4 heteroatoms. The standard InChI is InChI=1S/C13H19NO3/c1-13(5-2-6-13)8-14-7-9-3-4-10(15)12(17)11(9)16/h3-4,14-17H,2,5-8H2,1H3. The zero-order valence-electron chi connectivity index (χ0n) is 10.0. The molecule has 0 radical (unpaired) electrons. The lowest BCUT2D eigenvalue weighted by molar-refractivity contribution is 0.156. The van der Waals surface area contributed by atoms with Crippen LogP contribution in [0.5, 0.6) is 17.2 Å². The maximum Gasteiger partial charge on any atom is 0.200 e. The lowest BCUT2D eigenvalue weighted by Crippen LogP contribution is -2.36. The Bertz CT molecular complexity index is 413. The van der Waals surface area contributed by atoms with Crippen molar-refractivity contribution in [3.8, 4) is 17.2 Å². The molecule has 1 aromatic rings. The molecule has 0 aromatic heterocycles. The van der Waals surface area contributed by atoms with Gasteiger partial charge in [0.1, 0.15) is 0 Å². The molecule has 94 valence electrons. The van der Waals surface area contributed by atoms with Gasteiger partial charge in [-0.2, -0.15) is 0 Å². The molecule has 0 bridgehead atoms. The predicted octanol–water partition coefficient (Wildman–Crippen LogP) is 2.08. The van der Waals surface area contributed by atoms with E-state index >= 15 is 0 Å². The number of hydrogen-bond donors (Lipinski definition) is 4. The Labute approximate surface area is 101 Å². The van der Waals surface area contributed by atoms with Crippen LogP contribution in [0.4, 0.5) is 0 Å². The monoisotopic (exact) mass is 237 g/mol. The van der Waals surface area contributed by atoms with E-state index in [9.17, 15) is 15.3 Å². The van der Waals surface area contributed by atoms with Crippen LogP contribution in [0, 0.1) is 5.41 Å². The summed E-state index contributed by atoms with van der Waals surface area (Å²) in [7, 11) is 0. The van der Waals surface area contributed by atoms with Crippen LogP contribution in [0.2, 0.25) is 0 Å². The molecule has 0 spiro atoms. The molecule has 0 atom stereocenters. The van der Waals surface area contributed by atoms with Crippen LogP contribution >= 0.6 is 0 Å². The Balaban J connectivity index is 1.93. The third kappa shape index (κ3) is 2.47. The highest BCUT2D eigenvalue weighted by Gasteiger charge is 2.30. The fourth-order valence-electron chi connectivity index (χ4n) is 2.21. The Morgan fingerprint density at radius 3 is 2.47 bits per heavy atom. The summed E-state index contributed by atoms with van der Waals surface area (Å²) in [6.07, 6.45) is 3.78. The van der Waals surface area contributed by atoms with Crippen molar-refractivity contribution in [2.24, 2.45) is 5.41 Å². The summed E-state index contributed by atoms with van der Waals surface area (Å²) < 4.78 is 0. The molecule has 4 N–H and O–H groups in total. The molecule has 4 nitrogen and oxygen atoms in total. The van der Waals surface area contributed by atoms with E-state index in [1.807, 2.05) is 0 Å². The van der Waals surface area contributed by atoms with E-state index in [-0.39, 0.29) is 11.5 Å². The fourth-order valence-corrected chi connectivity index (χ4v) is 2.21. The van der Waals surface area contributed by atoms with Crippen LogP contribution in [0.1, 0.15) is 31.7 Å². The van der Waals surface area contributed by atoms with E-state index in [0.717, 1.165) is 6.54 Å². The van der Waals surface area contributed by atoms with Gasteiger partial charge in [0.2, 0.25) is 5.75 Å². The van der Waals surface area contributed by atoms with Gasteiger partial charge in [0.25, 0.3) is 0 Å². The number of phenols is 3. The molecule has 1 aliphatic carbocycles. The highest BCUT2D eigenvalue weighted by atomic mass is 16.3. The molecule has 1 saturated carbocycles. The third-order valence-corrected chi connectivity index (χ3v) is 3.64. The van der Waals surface area contributed by atoms with Gasteiger partial charge in [-0.1, -0.05) is 19.4 Å². The maximum atomic E-state index is 9.63. The lowest BCUT2D eigenvalue weighted by atomic mass is 9.70. The van der Waals surface area contributed by atoms with Gasteiger partial charge in [0.05, 0.1) is 0 Å². The van der Waals surface area contributed by atoms with Crippen LogP contribution < -0.4 is 5.32 Å². The summed E-state index contributed by atoms with van der Waals surface area (Å²) in [5.41, 5.74) is 0.984. The van der Waals surface area contributed by atoms with Gasteiger partial charge >= 0.3 is 0 Å². The Kier molecular flexibility index (Phi) is 3.15. The summed E-state index contributed by atoms with van der Waals surface area (Å²) in [5.74, 6) is -0.979. The number of aromatic hydroxyl groups is 3. The SMILES string of the molecule is CC1(CNCc2ccc(O)c(O)c2O)CCC1. The molecule has 0 amide bonds. The second-order valence-corrected chi connectivity index (χ2v) is 5.21. The minimum absolute atomic E-state index is 0.240. The average Bonchev–Trinajstić information content (AvgIpc) is 2.27. The predicted molar refractivity (Wildman–Crippen MR) is 65.1 cm³/mol. The molecule has 0 unspecified atom stereocenters. The molecule has 17 heavy (non-hydrogen) atoms. The summed E-state index contributed by atoms with van der Waals surface area (Å²) in [6.45, 7) is 3.65. The van der Waals surface area contributed by atoms with Crippen molar-refractivity contribution in [2.75, 3.05) is 6.54 Å². The second-order valence-electron chi connectivity index (χ2n) is 5.21. The number of phenolic OH excluding ortho intramolecular Hbond substituents is 3. The van der Waals surface area contributed by atoms with E-state index < -0.39 is 5.75 Å². The zero-order valence-corrected chi connectivity index (χ0v) is 10.0. The van der Waals surface area contributed by atoms with Gasteiger partial charge in [0.15, 0.2) is 11.5 Å². The van der Waals surface area contributed by atoms with Gasteiger partial charge in [-0.25, -0.2) is 0 Å². The third-order valence-electron chi connectivity index (χ3n) is 3.64. The quantitative estimate of drug-likeness (QED) is 0.605. The molecule has 0 saturated heterocycles. The molecule has 1 aliphatic rings. The molecule has 1 fully saturated rings. The Hall–Kier alpha value is -1.42. The summed E-state index contributed by atoms with van der Waals surface area (Å²) >= 11 is 0. The van der Waals surface area contributed by atoms with Crippen molar-refractivity contribution in [3.05, 3.63) is 17.7 Å². The van der Waals surface area contributed by atoms with Gasteiger partial charge in [-0.3, -0.25) is 0 Å². The van der Waals surface area contributed by atoms with Crippen LogP contribution in [-0.4, -0.2) is 21.9 Å². The van der Waals surface area contributed by atoms with Gasteiger partial charge in [0, 0.05) is 18.7 Å². The van der Waals surface area contributed by atoms with Gasteiger partial charge in [-0.15, -0.1) is 0 Å². The summed E-state index contributed by atoms with van der Waals surface area (Å²) in [5, 5.41) is 31.5. The molecular weight excluding hydrogens is 218 g/mol. The first kappa shape index (κ1) is 12.0.